The molecule has 1 aliphatic rings. The molecule has 0 spiro atoms. The Morgan fingerprint density at radius 2 is 1.84 bits per heavy atom. The van der Waals surface area contributed by atoms with Crippen LogP contribution in [0.2, 0.25) is 0 Å². The molecule has 2 heterocycles. The average Bonchev–Trinajstić information content (AvgIpc) is 2.38. The summed E-state index contributed by atoms with van der Waals surface area (Å²) in [6.07, 6.45) is 1.63. The number of hydrogen-bond acceptors (Lipinski definition) is 3. The van der Waals surface area contributed by atoms with Gasteiger partial charge in [0.1, 0.15) is 4.60 Å². The van der Waals surface area contributed by atoms with Crippen LogP contribution in [-0.4, -0.2) is 52.4 Å². The maximum atomic E-state index is 12.3. The number of rotatable bonds is 1. The second-order valence-electron chi connectivity index (χ2n) is 5.82. The highest BCUT2D eigenvalue weighted by Crippen LogP contribution is 2.17. The van der Waals surface area contributed by atoms with Gasteiger partial charge in [-0.05, 0) is 48.8 Å². The van der Waals surface area contributed by atoms with Crippen molar-refractivity contribution in [1.82, 2.24) is 14.8 Å². The number of aromatic nitrogens is 1. The monoisotopic (exact) mass is 325 g/mol. The van der Waals surface area contributed by atoms with Crippen molar-refractivity contribution in [3.63, 3.8) is 0 Å². The van der Waals surface area contributed by atoms with Crippen molar-refractivity contribution in [2.75, 3.05) is 26.2 Å². The number of halogens is 1. The first kappa shape index (κ1) is 14.5. The summed E-state index contributed by atoms with van der Waals surface area (Å²) >= 11 is 3.28. The van der Waals surface area contributed by atoms with Crippen molar-refractivity contribution in [2.24, 2.45) is 0 Å². The zero-order chi connectivity index (χ0) is 14.0. The highest BCUT2D eigenvalue weighted by molar-refractivity contribution is 9.10. The molecule has 1 aromatic heterocycles. The van der Waals surface area contributed by atoms with Crippen molar-refractivity contribution in [1.29, 1.82) is 0 Å². The van der Waals surface area contributed by atoms with E-state index in [1.165, 1.54) is 0 Å². The van der Waals surface area contributed by atoms with Gasteiger partial charge in [0.05, 0.1) is 5.56 Å². The first-order chi connectivity index (χ1) is 8.88. The standard InChI is InChI=1S/C14H20BrN3O/c1-14(2,3)18-8-6-17(7-9-18)13(19)11-4-5-12(15)16-10-11/h4-5,10H,6-9H2,1-3H3. The maximum absolute atomic E-state index is 12.3. The van der Waals surface area contributed by atoms with Crippen LogP contribution in [-0.2, 0) is 0 Å². The fourth-order valence-corrected chi connectivity index (χ4v) is 2.50. The molecule has 5 heteroatoms. The highest BCUT2D eigenvalue weighted by atomic mass is 79.9. The molecular formula is C14H20BrN3O. The van der Waals surface area contributed by atoms with Crippen LogP contribution in [0.15, 0.2) is 22.9 Å². The summed E-state index contributed by atoms with van der Waals surface area (Å²) in [7, 11) is 0. The van der Waals surface area contributed by atoms with E-state index in [2.05, 4.69) is 46.6 Å². The second kappa shape index (κ2) is 5.59. The van der Waals surface area contributed by atoms with Gasteiger partial charge in [-0.1, -0.05) is 0 Å². The molecule has 19 heavy (non-hydrogen) atoms. The predicted octanol–water partition coefficient (Wildman–Crippen LogP) is 2.40. The van der Waals surface area contributed by atoms with E-state index >= 15 is 0 Å². The van der Waals surface area contributed by atoms with Gasteiger partial charge in [-0.2, -0.15) is 0 Å². The van der Waals surface area contributed by atoms with E-state index < -0.39 is 0 Å². The number of nitrogens with zero attached hydrogens (tertiary/aromatic N) is 3. The molecule has 1 aliphatic heterocycles. The van der Waals surface area contributed by atoms with E-state index in [1.54, 1.807) is 12.3 Å². The molecule has 0 saturated carbocycles. The SMILES string of the molecule is CC(C)(C)N1CCN(C(=O)c2ccc(Br)nc2)CC1. The van der Waals surface area contributed by atoms with E-state index in [0.29, 0.717) is 5.56 Å². The molecule has 0 aromatic carbocycles. The van der Waals surface area contributed by atoms with Crippen LogP contribution >= 0.6 is 15.9 Å². The van der Waals surface area contributed by atoms with Crippen molar-refractivity contribution < 1.29 is 4.79 Å². The summed E-state index contributed by atoms with van der Waals surface area (Å²) in [5, 5.41) is 0. The number of pyridine rings is 1. The van der Waals surface area contributed by atoms with E-state index in [4.69, 9.17) is 0 Å². The van der Waals surface area contributed by atoms with Crippen LogP contribution in [0.1, 0.15) is 31.1 Å². The quantitative estimate of drug-likeness (QED) is 0.744. The first-order valence-corrected chi connectivity index (χ1v) is 7.33. The summed E-state index contributed by atoms with van der Waals surface area (Å²) in [6, 6.07) is 3.62. The van der Waals surface area contributed by atoms with Gasteiger partial charge in [0, 0.05) is 37.9 Å². The maximum Gasteiger partial charge on any atom is 0.255 e. The molecule has 104 valence electrons. The van der Waals surface area contributed by atoms with Crippen LogP contribution in [0.4, 0.5) is 0 Å². The predicted molar refractivity (Wildman–Crippen MR) is 79.2 cm³/mol. The van der Waals surface area contributed by atoms with Crippen LogP contribution in [0.3, 0.4) is 0 Å². The molecule has 1 saturated heterocycles. The minimum atomic E-state index is 0.0774. The Balaban J connectivity index is 1.98. The number of carbonyl (C=O) groups is 1. The minimum absolute atomic E-state index is 0.0774. The molecule has 0 bridgehead atoms. The molecule has 1 aromatic rings. The lowest BCUT2D eigenvalue weighted by Gasteiger charge is -2.42. The van der Waals surface area contributed by atoms with Crippen LogP contribution in [0.25, 0.3) is 0 Å². The normalized spacial score (nSPS) is 17.6. The Morgan fingerprint density at radius 3 is 2.32 bits per heavy atom. The Morgan fingerprint density at radius 1 is 1.21 bits per heavy atom. The summed E-state index contributed by atoms with van der Waals surface area (Å²) < 4.78 is 0.751. The lowest BCUT2D eigenvalue weighted by atomic mass is 10.0. The topological polar surface area (TPSA) is 36.4 Å². The molecule has 0 atom stereocenters. The van der Waals surface area contributed by atoms with Gasteiger partial charge in [0.25, 0.3) is 5.91 Å². The fourth-order valence-electron chi connectivity index (χ4n) is 2.27. The summed E-state index contributed by atoms with van der Waals surface area (Å²) in [6.45, 7) is 10.1. The van der Waals surface area contributed by atoms with Gasteiger partial charge in [0.2, 0.25) is 0 Å². The van der Waals surface area contributed by atoms with Crippen molar-refractivity contribution in [3.8, 4) is 0 Å². The first-order valence-electron chi connectivity index (χ1n) is 6.54. The van der Waals surface area contributed by atoms with Gasteiger partial charge in [-0.3, -0.25) is 9.69 Å². The molecule has 0 N–H and O–H groups in total. The molecule has 4 nitrogen and oxygen atoms in total. The molecule has 0 unspecified atom stereocenters. The number of hydrogen-bond donors (Lipinski definition) is 0. The zero-order valence-electron chi connectivity index (χ0n) is 11.7. The second-order valence-corrected chi connectivity index (χ2v) is 6.63. The molecule has 0 radical (unpaired) electrons. The summed E-state index contributed by atoms with van der Waals surface area (Å²) in [5.74, 6) is 0.0774. The van der Waals surface area contributed by atoms with Gasteiger partial charge < -0.3 is 4.90 Å². The van der Waals surface area contributed by atoms with Crippen molar-refractivity contribution in [2.45, 2.75) is 26.3 Å². The molecule has 1 fully saturated rings. The van der Waals surface area contributed by atoms with E-state index in [0.717, 1.165) is 30.8 Å². The van der Waals surface area contributed by atoms with Crippen molar-refractivity contribution in [3.05, 3.63) is 28.5 Å². The van der Waals surface area contributed by atoms with Gasteiger partial charge >= 0.3 is 0 Å². The van der Waals surface area contributed by atoms with Crippen LogP contribution in [0, 0.1) is 0 Å². The van der Waals surface area contributed by atoms with Gasteiger partial charge in [-0.15, -0.1) is 0 Å². The molecular weight excluding hydrogens is 306 g/mol. The number of carbonyl (C=O) groups excluding carboxylic acids is 1. The molecule has 2 rings (SSSR count). The fraction of sp³-hybridized carbons (Fsp3) is 0.571. The largest absolute Gasteiger partial charge is 0.336 e. The smallest absolute Gasteiger partial charge is 0.255 e. The Labute approximate surface area is 122 Å². The third kappa shape index (κ3) is 3.54. The van der Waals surface area contributed by atoms with Gasteiger partial charge in [-0.25, -0.2) is 4.98 Å². The third-order valence-electron chi connectivity index (χ3n) is 3.49. The summed E-state index contributed by atoms with van der Waals surface area (Å²) in [5.41, 5.74) is 0.835. The van der Waals surface area contributed by atoms with Crippen LogP contribution in [0.5, 0.6) is 0 Å². The minimum Gasteiger partial charge on any atom is -0.336 e. The highest BCUT2D eigenvalue weighted by Gasteiger charge is 2.28. The average molecular weight is 326 g/mol. The Kier molecular flexibility index (Phi) is 4.26. The van der Waals surface area contributed by atoms with E-state index in [-0.39, 0.29) is 11.4 Å². The van der Waals surface area contributed by atoms with Crippen LogP contribution < -0.4 is 0 Å². The number of amides is 1. The molecule has 0 aliphatic carbocycles. The third-order valence-corrected chi connectivity index (χ3v) is 3.96. The lowest BCUT2D eigenvalue weighted by molar-refractivity contribution is 0.0451. The zero-order valence-corrected chi connectivity index (χ0v) is 13.3. The van der Waals surface area contributed by atoms with Crippen molar-refractivity contribution >= 4 is 21.8 Å². The lowest BCUT2D eigenvalue weighted by Crippen LogP contribution is -2.54. The van der Waals surface area contributed by atoms with Gasteiger partial charge in [0.15, 0.2) is 0 Å². The summed E-state index contributed by atoms with van der Waals surface area (Å²) in [4.78, 5) is 20.8. The molecule has 1 amide bonds. The number of piperazine rings is 1. The van der Waals surface area contributed by atoms with E-state index in [9.17, 15) is 4.79 Å². The van der Waals surface area contributed by atoms with E-state index in [1.807, 2.05) is 11.0 Å². The Hall–Kier alpha value is -0.940. The Bertz CT molecular complexity index is 445.